The minimum atomic E-state index is -1.13. The summed E-state index contributed by atoms with van der Waals surface area (Å²) in [6.07, 6.45) is 3.16. The van der Waals surface area contributed by atoms with Crippen LogP contribution in [0, 0.1) is 32.6 Å². The van der Waals surface area contributed by atoms with Gasteiger partial charge in [0, 0.05) is 44.4 Å². The van der Waals surface area contributed by atoms with Crippen LogP contribution >= 0.6 is 22.9 Å². The number of anilines is 1. The van der Waals surface area contributed by atoms with Crippen LogP contribution in [0.3, 0.4) is 0 Å². The largest absolute Gasteiger partial charge is 0.478 e. The topological polar surface area (TPSA) is 159 Å². The number of carbonyl (C=O) groups is 4. The van der Waals surface area contributed by atoms with Gasteiger partial charge in [-0.15, -0.1) is 21.5 Å². The second kappa shape index (κ2) is 15.4. The third-order valence-electron chi connectivity index (χ3n) is 10.8. The summed E-state index contributed by atoms with van der Waals surface area (Å²) in [5.41, 5.74) is 5.51. The van der Waals surface area contributed by atoms with Crippen LogP contribution in [0.4, 0.5) is 5.69 Å². The van der Waals surface area contributed by atoms with Gasteiger partial charge in [-0.25, -0.2) is 4.79 Å². The number of nitrogens with one attached hydrogen (secondary N) is 2. The van der Waals surface area contributed by atoms with E-state index < -0.39 is 23.8 Å². The summed E-state index contributed by atoms with van der Waals surface area (Å²) in [6, 6.07) is 18.6. The third-order valence-corrected chi connectivity index (χ3v) is 12.2. The highest BCUT2D eigenvalue weighted by atomic mass is 35.5. The van der Waals surface area contributed by atoms with E-state index in [1.807, 2.05) is 35.8 Å². The number of aromatic carboxylic acids is 1. The summed E-state index contributed by atoms with van der Waals surface area (Å²) in [4.78, 5) is 58.7. The molecular formula is C43H38ClN7O5S. The maximum Gasteiger partial charge on any atom is 0.336 e. The molecule has 1 atom stereocenters. The zero-order chi connectivity index (χ0) is 40.0. The predicted molar refractivity (Wildman–Crippen MR) is 218 cm³/mol. The van der Waals surface area contributed by atoms with Crippen molar-refractivity contribution in [3.8, 4) is 16.8 Å². The normalized spacial score (nSPS) is 18.4. The summed E-state index contributed by atoms with van der Waals surface area (Å²) in [6.45, 7) is 5.94. The smallest absolute Gasteiger partial charge is 0.336 e. The molecule has 3 aromatic carbocycles. The van der Waals surface area contributed by atoms with Crippen molar-refractivity contribution >= 4 is 58.0 Å². The number of hydrogen-bond acceptors (Lipinski definition) is 9. The molecule has 12 nitrogen and oxygen atoms in total. The fourth-order valence-electron chi connectivity index (χ4n) is 7.73. The summed E-state index contributed by atoms with van der Waals surface area (Å²) in [7, 11) is 0. The van der Waals surface area contributed by atoms with Gasteiger partial charge < -0.3 is 15.7 Å². The molecule has 0 unspecified atom stereocenters. The van der Waals surface area contributed by atoms with Crippen molar-refractivity contribution in [3.63, 3.8) is 0 Å². The molecule has 1 saturated carbocycles. The monoisotopic (exact) mass is 799 g/mol. The Morgan fingerprint density at radius 1 is 0.930 bits per heavy atom. The number of amides is 3. The average Bonchev–Trinajstić information content (AvgIpc) is 3.77. The highest BCUT2D eigenvalue weighted by molar-refractivity contribution is 7.15. The van der Waals surface area contributed by atoms with Crippen molar-refractivity contribution in [1.82, 2.24) is 25.0 Å². The average molecular weight is 800 g/mol. The number of aromatic nitrogens is 3. The lowest BCUT2D eigenvalue weighted by Gasteiger charge is -2.30. The summed E-state index contributed by atoms with van der Waals surface area (Å²) in [5.74, 6) is 4.98. The number of fused-ring (bicyclic) bond motifs is 4. The van der Waals surface area contributed by atoms with Crippen molar-refractivity contribution < 1.29 is 24.3 Å². The Balaban J connectivity index is 0.922. The van der Waals surface area contributed by atoms with Gasteiger partial charge in [0.25, 0.3) is 11.8 Å². The first-order valence-corrected chi connectivity index (χ1v) is 19.9. The van der Waals surface area contributed by atoms with Crippen molar-refractivity contribution in [1.29, 1.82) is 0 Å². The molecule has 0 spiro atoms. The van der Waals surface area contributed by atoms with Gasteiger partial charge in [0.15, 0.2) is 5.82 Å². The Kier molecular flexibility index (Phi) is 10.2. The number of benzene rings is 3. The molecule has 4 heterocycles. The second-order valence-corrected chi connectivity index (χ2v) is 16.1. The van der Waals surface area contributed by atoms with Gasteiger partial charge in [0.2, 0.25) is 5.91 Å². The fourth-order valence-corrected chi connectivity index (χ4v) is 9.07. The Bertz CT molecular complexity index is 2520. The highest BCUT2D eigenvalue weighted by Crippen LogP contribution is 2.40. The van der Waals surface area contributed by atoms with Gasteiger partial charge in [0.1, 0.15) is 16.9 Å². The molecule has 2 aromatic heterocycles. The number of thiophene rings is 1. The van der Waals surface area contributed by atoms with Crippen molar-refractivity contribution in [2.24, 2.45) is 4.99 Å². The lowest BCUT2D eigenvalue weighted by atomic mass is 9.90. The summed E-state index contributed by atoms with van der Waals surface area (Å²) >= 11 is 7.92. The molecule has 3 aliphatic rings. The second-order valence-electron chi connectivity index (χ2n) is 14.5. The number of carboxylic acids is 1. The molecule has 2 aliphatic heterocycles. The number of hydrogen-bond donors (Lipinski definition) is 3. The van der Waals surface area contributed by atoms with Crippen LogP contribution in [0.5, 0.6) is 0 Å². The van der Waals surface area contributed by atoms with E-state index in [2.05, 4.69) is 46.5 Å². The Hall–Kier alpha value is -6.10. The molecular weight excluding hydrogens is 762 g/mol. The van der Waals surface area contributed by atoms with Crippen LogP contribution in [0.1, 0.15) is 108 Å². The van der Waals surface area contributed by atoms with Gasteiger partial charge in [-0.3, -0.25) is 28.8 Å². The van der Waals surface area contributed by atoms with Crippen molar-refractivity contribution in [3.05, 3.63) is 127 Å². The van der Waals surface area contributed by atoms with E-state index in [0.29, 0.717) is 27.7 Å². The first-order chi connectivity index (χ1) is 27.5. The third kappa shape index (κ3) is 7.34. The predicted octanol–water partition coefficient (Wildman–Crippen LogP) is 7.08. The van der Waals surface area contributed by atoms with Crippen molar-refractivity contribution in [2.75, 3.05) is 11.9 Å². The molecule has 288 valence electrons. The van der Waals surface area contributed by atoms with Crippen LogP contribution in [0.2, 0.25) is 5.02 Å². The molecule has 5 aromatic rings. The van der Waals surface area contributed by atoms with E-state index in [1.54, 1.807) is 47.7 Å². The minimum absolute atomic E-state index is 0.0226. The number of carboxylic acid groups (broad SMARTS) is 1. The van der Waals surface area contributed by atoms with E-state index in [9.17, 15) is 24.3 Å². The van der Waals surface area contributed by atoms with Crippen LogP contribution < -0.4 is 10.6 Å². The molecule has 14 heteroatoms. The standard InChI is InChI=1S/C43H38ClN7O5S/c1-23-24(2)57-42-37(23)38(26-10-12-28(44)13-11-26)47-35(39-49-48-25(3)51(39)42)22-36(52)46-30-16-14-29(15-17-30)45-31-18-19-32(43(55)56)27(21-31)7-6-20-50-40(53)33-8-4-5-9-34(33)41(50)54/h4-5,8-13,18-19,21,29-30,35,45H,14-17,20,22H2,1-3H3,(H,46,52)(H,55,56)/t29?,30?,35-/m0/s1. The Morgan fingerprint density at radius 3 is 2.30 bits per heavy atom. The van der Waals surface area contributed by atoms with Crippen LogP contribution in [-0.2, 0) is 4.79 Å². The quantitative estimate of drug-likeness (QED) is 0.111. The van der Waals surface area contributed by atoms with Gasteiger partial charge in [-0.05, 0) is 94.5 Å². The number of aliphatic imine (C=N–C) groups is 1. The van der Waals surface area contributed by atoms with E-state index in [1.165, 1.54) is 10.9 Å². The lowest BCUT2D eigenvalue weighted by Crippen LogP contribution is -2.40. The highest BCUT2D eigenvalue weighted by Gasteiger charge is 2.35. The van der Waals surface area contributed by atoms with Gasteiger partial charge in [-0.2, -0.15) is 0 Å². The molecule has 0 saturated heterocycles. The van der Waals surface area contributed by atoms with Crippen molar-refractivity contribution in [2.45, 2.75) is 71.0 Å². The molecule has 8 rings (SSSR count). The van der Waals surface area contributed by atoms with E-state index in [0.717, 1.165) is 63.8 Å². The Labute approximate surface area is 338 Å². The number of rotatable bonds is 8. The molecule has 1 aliphatic carbocycles. The van der Waals surface area contributed by atoms with E-state index in [4.69, 9.17) is 16.6 Å². The maximum atomic E-state index is 13.7. The first-order valence-electron chi connectivity index (χ1n) is 18.7. The summed E-state index contributed by atoms with van der Waals surface area (Å²) in [5, 5.41) is 27.1. The van der Waals surface area contributed by atoms with E-state index >= 15 is 0 Å². The van der Waals surface area contributed by atoms with Crippen LogP contribution in [-0.4, -0.2) is 72.8 Å². The SMILES string of the molecule is Cc1sc2c(c1C)C(c1ccc(Cl)cc1)=N[C@@H](CC(=O)NC1CCC(Nc3ccc(C(=O)O)c(C#CCN4C(=O)c5ccccc5C4=O)c3)CC1)c1nnc(C)n1-2. The maximum absolute atomic E-state index is 13.7. The fraction of sp³-hybridized carbons (Fsp3) is 0.279. The zero-order valence-corrected chi connectivity index (χ0v) is 33.0. The van der Waals surface area contributed by atoms with Gasteiger partial charge in [0.05, 0.1) is 35.4 Å². The molecule has 1 fully saturated rings. The Morgan fingerprint density at radius 2 is 1.61 bits per heavy atom. The molecule has 57 heavy (non-hydrogen) atoms. The summed E-state index contributed by atoms with van der Waals surface area (Å²) < 4.78 is 2.04. The number of carbonyl (C=O) groups excluding carboxylic acids is 3. The number of nitrogens with zero attached hydrogens (tertiary/aromatic N) is 5. The van der Waals surface area contributed by atoms with Gasteiger partial charge in [-0.1, -0.05) is 47.7 Å². The lowest BCUT2D eigenvalue weighted by molar-refractivity contribution is -0.122. The molecule has 0 bridgehead atoms. The van der Waals surface area contributed by atoms with Crippen LogP contribution in [0.25, 0.3) is 5.00 Å². The van der Waals surface area contributed by atoms with Gasteiger partial charge >= 0.3 is 5.97 Å². The molecule has 3 amide bonds. The van der Waals surface area contributed by atoms with E-state index in [-0.39, 0.29) is 42.1 Å². The van der Waals surface area contributed by atoms with Crippen LogP contribution in [0.15, 0.2) is 71.7 Å². The molecule has 3 N–H and O–H groups in total. The zero-order valence-electron chi connectivity index (χ0n) is 31.4. The number of halogens is 1. The molecule has 0 radical (unpaired) electrons. The number of aryl methyl sites for hydroxylation is 2. The number of imide groups is 1. The minimum Gasteiger partial charge on any atom is -0.478 e. The first kappa shape index (κ1) is 37.8.